The van der Waals surface area contributed by atoms with E-state index in [2.05, 4.69) is 46.8 Å². The Morgan fingerprint density at radius 3 is 0.800 bits per heavy atom. The maximum atomic E-state index is 7.00. The van der Waals surface area contributed by atoms with Crippen molar-refractivity contribution in [3.05, 3.63) is 99.1 Å². The largest absolute Gasteiger partial charge is 0.493 e. The number of guanidine groups is 4. The van der Waals surface area contributed by atoms with Crippen LogP contribution in [0.15, 0.2) is 74.6 Å². The average Bonchev–Trinajstić information content (AvgIpc) is 3.29. The van der Waals surface area contributed by atoms with Gasteiger partial charge in [0.25, 0.3) is 0 Å². The summed E-state index contributed by atoms with van der Waals surface area (Å²) in [7, 11) is 0. The molecule has 0 atom stereocenters. The quantitative estimate of drug-likeness (QED) is 0.0132. The van der Waals surface area contributed by atoms with Gasteiger partial charge in [-0.3, -0.25) is 0 Å². The van der Waals surface area contributed by atoms with Crippen molar-refractivity contribution < 1.29 is 14.2 Å². The van der Waals surface area contributed by atoms with Crippen molar-refractivity contribution in [1.29, 1.82) is 0 Å². The van der Waals surface area contributed by atoms with Crippen molar-refractivity contribution in [2.45, 2.75) is 162 Å². The number of hydrogen-bond donors (Lipinski definition) is 8. The summed E-state index contributed by atoms with van der Waals surface area (Å²) in [6.07, 6.45) is 21.8. The SMILES string of the molecule is CCCCCCCCOc1c2cc(N=C(N)N)cc1Cc1cc(N=C(N)N)cc(c1OCCCCCCCC)Cc1cc(N=C(N)N)cc(c1OCCCCCCCC)Cc1cc(cc(N=C(N)N)c1)C2.Cl.Cl.Cl.Cl. The molecule has 0 saturated heterocycles. The molecule has 19 heteroatoms. The van der Waals surface area contributed by atoms with Crippen LogP contribution in [0.4, 0.5) is 22.7 Å². The third kappa shape index (κ3) is 23.5. The Kier molecular flexibility index (Phi) is 32.9. The standard InChI is InChI=1S/C56H84N12O3.4ClH/c1-4-7-10-13-16-19-22-69-50-40-26-38-25-39(29-46(28-38)65-53(57)58)27-41-33-48(67-55(61)62)35-43(51(41)70-23-20-17-14-11-8-5-2)31-45-37-49(68-56(63)64)36-44(30-42(50)34-47(32-40)66-54(59)60)52(45)71-24-21-18-15-12-9-6-3;;;;/h25,28-29,32-37H,4-24,26-27,30-31H2,1-3H3,(H4,57,58,65)(H4,59,60,66)(H4,61,62,67)(H4,63,64,68);4*1H. The molecule has 0 spiro atoms. The minimum absolute atomic E-state index is 0. The van der Waals surface area contributed by atoms with Crippen LogP contribution in [0.3, 0.4) is 0 Å². The number of nitrogens with zero attached hydrogens (tertiary/aromatic N) is 4. The normalized spacial score (nSPS) is 11.2. The van der Waals surface area contributed by atoms with Gasteiger partial charge in [0.05, 0.1) is 42.6 Å². The zero-order valence-corrected chi connectivity index (χ0v) is 47.9. The highest BCUT2D eigenvalue weighted by Gasteiger charge is 2.23. The van der Waals surface area contributed by atoms with Crippen molar-refractivity contribution in [3.63, 3.8) is 0 Å². The molecule has 4 aromatic rings. The molecule has 0 amide bonds. The average molecular weight is 1120 g/mol. The molecule has 0 fully saturated rings. The first-order valence-electron chi connectivity index (χ1n) is 26.2. The highest BCUT2D eigenvalue weighted by Crippen LogP contribution is 2.42. The fourth-order valence-corrected chi connectivity index (χ4v) is 9.37. The molecule has 418 valence electrons. The second kappa shape index (κ2) is 36.5. The summed E-state index contributed by atoms with van der Waals surface area (Å²) in [4.78, 5) is 18.4. The second-order valence-electron chi connectivity index (χ2n) is 19.0. The van der Waals surface area contributed by atoms with Crippen molar-refractivity contribution in [3.8, 4) is 17.2 Å². The lowest BCUT2D eigenvalue weighted by atomic mass is 9.90. The zero-order valence-electron chi connectivity index (χ0n) is 44.6. The van der Waals surface area contributed by atoms with Gasteiger partial charge in [0.1, 0.15) is 17.2 Å². The fourth-order valence-electron chi connectivity index (χ4n) is 9.37. The molecule has 1 aliphatic rings. The Morgan fingerprint density at radius 1 is 0.320 bits per heavy atom. The van der Waals surface area contributed by atoms with E-state index in [1.54, 1.807) is 0 Å². The molecule has 75 heavy (non-hydrogen) atoms. The summed E-state index contributed by atoms with van der Waals surface area (Å²) in [6, 6.07) is 18.1. The van der Waals surface area contributed by atoms with E-state index in [1.807, 2.05) is 48.5 Å². The van der Waals surface area contributed by atoms with Crippen molar-refractivity contribution in [1.82, 2.24) is 0 Å². The maximum Gasteiger partial charge on any atom is 0.191 e. The summed E-state index contributed by atoms with van der Waals surface area (Å²) in [5.74, 6) is 2.01. The van der Waals surface area contributed by atoms with Gasteiger partial charge < -0.3 is 60.1 Å². The smallest absolute Gasteiger partial charge is 0.191 e. The van der Waals surface area contributed by atoms with Crippen LogP contribution in [-0.2, 0) is 25.7 Å². The van der Waals surface area contributed by atoms with E-state index in [9.17, 15) is 0 Å². The summed E-state index contributed by atoms with van der Waals surface area (Å²) in [5.41, 5.74) is 58.2. The van der Waals surface area contributed by atoms with Crippen LogP contribution < -0.4 is 60.1 Å². The minimum Gasteiger partial charge on any atom is -0.493 e. The number of unbranched alkanes of at least 4 members (excludes halogenated alkanes) is 15. The highest BCUT2D eigenvalue weighted by molar-refractivity contribution is 5.86. The van der Waals surface area contributed by atoms with Gasteiger partial charge in [-0.2, -0.15) is 0 Å². The minimum atomic E-state index is -0.0639. The van der Waals surface area contributed by atoms with Gasteiger partial charge in [-0.25, -0.2) is 20.0 Å². The van der Waals surface area contributed by atoms with Gasteiger partial charge in [0.2, 0.25) is 0 Å². The molecule has 0 aromatic heterocycles. The first kappa shape index (κ1) is 67.5. The van der Waals surface area contributed by atoms with Gasteiger partial charge in [-0.1, -0.05) is 123 Å². The first-order chi connectivity index (χ1) is 34.3. The van der Waals surface area contributed by atoms with Gasteiger partial charge in [0, 0.05) is 59.1 Å². The van der Waals surface area contributed by atoms with Crippen LogP contribution in [0.2, 0.25) is 0 Å². The topological polar surface area (TPSA) is 285 Å². The number of hydrogen-bond acceptors (Lipinski definition) is 7. The maximum absolute atomic E-state index is 7.00. The summed E-state index contributed by atoms with van der Waals surface area (Å²) in [6.45, 7) is 8.26. The molecule has 1 aliphatic carbocycles. The molecule has 16 N–H and O–H groups in total. The zero-order chi connectivity index (χ0) is 51.0. The van der Waals surface area contributed by atoms with Crippen molar-refractivity contribution in [2.24, 2.45) is 65.8 Å². The van der Waals surface area contributed by atoms with E-state index in [0.29, 0.717) is 68.3 Å². The summed E-state index contributed by atoms with van der Waals surface area (Å²) in [5, 5.41) is 0. The van der Waals surface area contributed by atoms with E-state index in [-0.39, 0.29) is 73.5 Å². The van der Waals surface area contributed by atoms with E-state index in [1.165, 1.54) is 57.8 Å². The molecular weight excluding hydrogens is 1030 g/mol. The molecule has 5 rings (SSSR count). The highest BCUT2D eigenvalue weighted by atomic mass is 35.5. The van der Waals surface area contributed by atoms with Gasteiger partial charge in [-0.15, -0.1) is 49.6 Å². The molecule has 0 heterocycles. The Labute approximate surface area is 472 Å². The number of ether oxygens (including phenoxy) is 3. The van der Waals surface area contributed by atoms with E-state index < -0.39 is 0 Å². The monoisotopic (exact) mass is 1120 g/mol. The van der Waals surface area contributed by atoms with Gasteiger partial charge in [0.15, 0.2) is 23.8 Å². The Hall–Kier alpha value is -5.48. The van der Waals surface area contributed by atoms with Gasteiger partial charge in [-0.05, 0) is 78.9 Å². The van der Waals surface area contributed by atoms with Crippen LogP contribution in [-0.4, -0.2) is 43.7 Å². The lowest BCUT2D eigenvalue weighted by Crippen LogP contribution is -2.22. The van der Waals surface area contributed by atoms with Crippen molar-refractivity contribution >= 4 is 96.2 Å². The van der Waals surface area contributed by atoms with E-state index in [0.717, 1.165) is 120 Å². The third-order valence-corrected chi connectivity index (χ3v) is 12.5. The summed E-state index contributed by atoms with van der Waals surface area (Å²) >= 11 is 0. The Balaban J connectivity index is 0.00000703. The predicted octanol–water partition coefficient (Wildman–Crippen LogP) is 11.9. The van der Waals surface area contributed by atoms with Crippen molar-refractivity contribution in [2.75, 3.05) is 19.8 Å². The number of aliphatic imine (C=N–C) groups is 4. The van der Waals surface area contributed by atoms with Crippen LogP contribution >= 0.6 is 49.6 Å². The molecule has 15 nitrogen and oxygen atoms in total. The molecule has 8 bridgehead atoms. The lowest BCUT2D eigenvalue weighted by Gasteiger charge is -2.23. The lowest BCUT2D eigenvalue weighted by molar-refractivity contribution is 0.294. The molecular formula is C56H88Cl4N12O3. The fraction of sp³-hybridized carbons (Fsp3) is 0.500. The Morgan fingerprint density at radius 2 is 0.547 bits per heavy atom. The molecule has 0 unspecified atom stereocenters. The van der Waals surface area contributed by atoms with Crippen LogP contribution in [0, 0.1) is 0 Å². The van der Waals surface area contributed by atoms with Crippen LogP contribution in [0.5, 0.6) is 17.2 Å². The molecule has 4 aromatic carbocycles. The number of benzene rings is 4. The van der Waals surface area contributed by atoms with Crippen LogP contribution in [0.25, 0.3) is 0 Å². The number of nitrogens with two attached hydrogens (primary N) is 8. The molecule has 0 aliphatic heterocycles. The predicted molar refractivity (Wildman–Crippen MR) is 324 cm³/mol. The Bertz CT molecular complexity index is 2320. The van der Waals surface area contributed by atoms with Crippen LogP contribution in [0.1, 0.15) is 181 Å². The third-order valence-electron chi connectivity index (χ3n) is 12.5. The number of halogens is 4. The summed E-state index contributed by atoms with van der Waals surface area (Å²) < 4.78 is 20.9. The number of fused-ring (bicyclic) bond motifs is 8. The van der Waals surface area contributed by atoms with E-state index in [4.69, 9.17) is 60.1 Å². The van der Waals surface area contributed by atoms with E-state index >= 15 is 0 Å². The number of rotatable bonds is 28. The molecule has 0 radical (unpaired) electrons. The molecule has 0 saturated carbocycles. The van der Waals surface area contributed by atoms with Gasteiger partial charge >= 0.3 is 0 Å². The second-order valence-corrected chi connectivity index (χ2v) is 19.0. The first-order valence-corrected chi connectivity index (χ1v) is 26.2.